The van der Waals surface area contributed by atoms with Crippen LogP contribution in [-0.4, -0.2) is 31.1 Å². The van der Waals surface area contributed by atoms with Gasteiger partial charge in [0.1, 0.15) is 0 Å². The summed E-state index contributed by atoms with van der Waals surface area (Å²) in [6, 6.07) is 4.24. The van der Waals surface area contributed by atoms with E-state index in [-0.39, 0.29) is 0 Å². The lowest BCUT2D eigenvalue weighted by Crippen LogP contribution is -2.41. The molecule has 1 aromatic heterocycles. The Kier molecular flexibility index (Phi) is 5.97. The molecule has 0 aliphatic rings. The predicted molar refractivity (Wildman–Crippen MR) is 73.9 cm³/mol. The van der Waals surface area contributed by atoms with Gasteiger partial charge < -0.3 is 15.4 Å². The third-order valence-corrected chi connectivity index (χ3v) is 2.69. The van der Waals surface area contributed by atoms with Crippen LogP contribution in [0.5, 0.6) is 5.88 Å². The molecule has 1 atom stereocenters. The van der Waals surface area contributed by atoms with Gasteiger partial charge in [0.05, 0.1) is 7.11 Å². The van der Waals surface area contributed by atoms with Crippen molar-refractivity contribution in [3.05, 3.63) is 23.9 Å². The van der Waals surface area contributed by atoms with Gasteiger partial charge in [-0.3, -0.25) is 4.99 Å². The third kappa shape index (κ3) is 4.61. The van der Waals surface area contributed by atoms with Gasteiger partial charge in [0.2, 0.25) is 5.88 Å². The number of methoxy groups -OCH3 is 1. The van der Waals surface area contributed by atoms with Gasteiger partial charge in [0.25, 0.3) is 0 Å². The molecule has 0 fully saturated rings. The van der Waals surface area contributed by atoms with Crippen molar-refractivity contribution in [2.24, 2.45) is 4.99 Å². The van der Waals surface area contributed by atoms with E-state index in [2.05, 4.69) is 34.5 Å². The van der Waals surface area contributed by atoms with Crippen LogP contribution in [0.15, 0.2) is 23.3 Å². The SMILES string of the molecule is CCC(C)NC(=NC)NCc1ccc(OC)nc1. The summed E-state index contributed by atoms with van der Waals surface area (Å²) in [4.78, 5) is 8.33. The van der Waals surface area contributed by atoms with Crippen LogP contribution in [0, 0.1) is 0 Å². The molecule has 0 aromatic carbocycles. The van der Waals surface area contributed by atoms with E-state index in [1.807, 2.05) is 12.1 Å². The highest BCUT2D eigenvalue weighted by Gasteiger charge is 2.02. The van der Waals surface area contributed by atoms with Gasteiger partial charge in [0.15, 0.2) is 5.96 Å². The first kappa shape index (κ1) is 14.3. The van der Waals surface area contributed by atoms with Gasteiger partial charge in [-0.2, -0.15) is 0 Å². The number of ether oxygens (including phenoxy) is 1. The summed E-state index contributed by atoms with van der Waals surface area (Å²) in [5.41, 5.74) is 1.09. The molecule has 0 bridgehead atoms. The molecule has 0 spiro atoms. The monoisotopic (exact) mass is 250 g/mol. The largest absolute Gasteiger partial charge is 0.481 e. The first-order valence-electron chi connectivity index (χ1n) is 6.15. The van der Waals surface area contributed by atoms with E-state index in [0.29, 0.717) is 18.5 Å². The van der Waals surface area contributed by atoms with Gasteiger partial charge in [-0.25, -0.2) is 4.98 Å². The van der Waals surface area contributed by atoms with E-state index in [1.165, 1.54) is 0 Å². The first-order valence-corrected chi connectivity index (χ1v) is 6.15. The fraction of sp³-hybridized carbons (Fsp3) is 0.538. The Bertz CT molecular complexity index is 375. The fourth-order valence-corrected chi connectivity index (χ4v) is 1.35. The second kappa shape index (κ2) is 7.53. The highest BCUT2D eigenvalue weighted by molar-refractivity contribution is 5.79. The molecule has 0 amide bonds. The lowest BCUT2D eigenvalue weighted by Gasteiger charge is -2.16. The van der Waals surface area contributed by atoms with Crippen molar-refractivity contribution in [2.45, 2.75) is 32.9 Å². The normalized spacial score (nSPS) is 13.0. The maximum atomic E-state index is 5.02. The Balaban J connectivity index is 2.47. The van der Waals surface area contributed by atoms with Crippen molar-refractivity contribution < 1.29 is 4.74 Å². The smallest absolute Gasteiger partial charge is 0.212 e. The van der Waals surface area contributed by atoms with E-state index in [4.69, 9.17) is 4.74 Å². The number of nitrogens with zero attached hydrogens (tertiary/aromatic N) is 2. The van der Waals surface area contributed by atoms with Gasteiger partial charge in [-0.05, 0) is 18.9 Å². The zero-order valence-electron chi connectivity index (χ0n) is 11.5. The van der Waals surface area contributed by atoms with Crippen molar-refractivity contribution in [3.8, 4) is 5.88 Å². The highest BCUT2D eigenvalue weighted by atomic mass is 16.5. The topological polar surface area (TPSA) is 58.5 Å². The summed E-state index contributed by atoms with van der Waals surface area (Å²) in [5.74, 6) is 1.43. The predicted octanol–water partition coefficient (Wildman–Crippen LogP) is 1.55. The standard InChI is InChI=1S/C13H22N4O/c1-5-10(2)17-13(14-3)16-9-11-6-7-12(18-4)15-8-11/h6-8,10H,5,9H2,1-4H3,(H2,14,16,17). The molecule has 0 aliphatic heterocycles. The number of hydrogen-bond acceptors (Lipinski definition) is 3. The van der Waals surface area contributed by atoms with Crippen molar-refractivity contribution in [3.63, 3.8) is 0 Å². The molecule has 2 N–H and O–H groups in total. The quantitative estimate of drug-likeness (QED) is 0.615. The van der Waals surface area contributed by atoms with Gasteiger partial charge in [0, 0.05) is 31.9 Å². The van der Waals surface area contributed by atoms with Gasteiger partial charge in [-0.1, -0.05) is 13.0 Å². The number of hydrogen-bond donors (Lipinski definition) is 2. The van der Waals surface area contributed by atoms with Crippen LogP contribution in [0.4, 0.5) is 0 Å². The minimum absolute atomic E-state index is 0.408. The van der Waals surface area contributed by atoms with Crippen LogP contribution < -0.4 is 15.4 Å². The lowest BCUT2D eigenvalue weighted by atomic mass is 10.2. The number of guanidine groups is 1. The zero-order valence-corrected chi connectivity index (χ0v) is 11.5. The molecule has 18 heavy (non-hydrogen) atoms. The molecule has 0 saturated carbocycles. The van der Waals surface area contributed by atoms with Gasteiger partial charge >= 0.3 is 0 Å². The summed E-state index contributed by atoms with van der Waals surface area (Å²) < 4.78 is 5.02. The molecule has 0 saturated heterocycles. The van der Waals surface area contributed by atoms with Crippen molar-refractivity contribution >= 4 is 5.96 Å². The number of nitrogens with one attached hydrogen (secondary N) is 2. The maximum Gasteiger partial charge on any atom is 0.212 e. The van der Waals surface area contributed by atoms with Crippen LogP contribution in [0.2, 0.25) is 0 Å². The minimum atomic E-state index is 0.408. The minimum Gasteiger partial charge on any atom is -0.481 e. The molecule has 5 heteroatoms. The lowest BCUT2D eigenvalue weighted by molar-refractivity contribution is 0.397. The molecule has 0 radical (unpaired) electrons. The van der Waals surface area contributed by atoms with Crippen LogP contribution >= 0.6 is 0 Å². The summed E-state index contributed by atoms with van der Waals surface area (Å²) >= 11 is 0. The fourth-order valence-electron chi connectivity index (χ4n) is 1.35. The van der Waals surface area contributed by atoms with Crippen LogP contribution in [0.3, 0.4) is 0 Å². The first-order chi connectivity index (χ1) is 8.69. The van der Waals surface area contributed by atoms with E-state index < -0.39 is 0 Å². The second-order valence-electron chi connectivity index (χ2n) is 4.09. The summed E-state index contributed by atoms with van der Waals surface area (Å²) in [5, 5.41) is 6.55. The Morgan fingerprint density at radius 1 is 1.50 bits per heavy atom. The Morgan fingerprint density at radius 3 is 2.78 bits per heavy atom. The summed E-state index contributed by atoms with van der Waals surface area (Å²) in [6.45, 7) is 4.95. The van der Waals surface area contributed by atoms with Crippen molar-refractivity contribution in [2.75, 3.05) is 14.2 Å². The maximum absolute atomic E-state index is 5.02. The average molecular weight is 250 g/mol. The molecular weight excluding hydrogens is 228 g/mol. The molecule has 1 heterocycles. The molecule has 5 nitrogen and oxygen atoms in total. The Hall–Kier alpha value is -1.78. The number of aromatic nitrogens is 1. The number of aliphatic imine (C=N–C) groups is 1. The molecule has 1 rings (SSSR count). The van der Waals surface area contributed by atoms with Gasteiger partial charge in [-0.15, -0.1) is 0 Å². The van der Waals surface area contributed by atoms with E-state index in [9.17, 15) is 0 Å². The van der Waals surface area contributed by atoms with Crippen LogP contribution in [-0.2, 0) is 6.54 Å². The Morgan fingerprint density at radius 2 is 2.28 bits per heavy atom. The second-order valence-corrected chi connectivity index (χ2v) is 4.09. The molecular formula is C13H22N4O. The molecule has 1 unspecified atom stereocenters. The number of pyridine rings is 1. The van der Waals surface area contributed by atoms with E-state index in [1.54, 1.807) is 20.4 Å². The van der Waals surface area contributed by atoms with Crippen molar-refractivity contribution in [1.82, 2.24) is 15.6 Å². The molecule has 1 aromatic rings. The van der Waals surface area contributed by atoms with E-state index in [0.717, 1.165) is 17.9 Å². The number of rotatable bonds is 5. The molecule has 100 valence electrons. The Labute approximate surface area is 109 Å². The van der Waals surface area contributed by atoms with Crippen LogP contribution in [0.1, 0.15) is 25.8 Å². The summed E-state index contributed by atoms with van der Waals surface area (Å²) in [6.07, 6.45) is 2.85. The van der Waals surface area contributed by atoms with Crippen molar-refractivity contribution in [1.29, 1.82) is 0 Å². The van der Waals surface area contributed by atoms with E-state index >= 15 is 0 Å². The highest BCUT2D eigenvalue weighted by Crippen LogP contribution is 2.06. The van der Waals surface area contributed by atoms with Crippen LogP contribution in [0.25, 0.3) is 0 Å². The zero-order chi connectivity index (χ0) is 13.4. The summed E-state index contributed by atoms with van der Waals surface area (Å²) in [7, 11) is 3.38. The third-order valence-electron chi connectivity index (χ3n) is 2.69. The average Bonchev–Trinajstić information content (AvgIpc) is 2.43. The molecule has 0 aliphatic carbocycles.